The molecule has 0 bridgehead atoms. The van der Waals surface area contributed by atoms with E-state index >= 15 is 0 Å². The third kappa shape index (κ3) is 1.63. The molecule has 1 amide bonds. The minimum absolute atomic E-state index is 0.0458. The van der Waals surface area contributed by atoms with Crippen molar-refractivity contribution in [3.63, 3.8) is 0 Å². The maximum Gasteiger partial charge on any atom is 0.237 e. The van der Waals surface area contributed by atoms with E-state index in [2.05, 4.69) is 36.6 Å². The van der Waals surface area contributed by atoms with Crippen molar-refractivity contribution in [3.05, 3.63) is 35.4 Å². The van der Waals surface area contributed by atoms with Crippen molar-refractivity contribution in [1.82, 2.24) is 5.43 Å². The van der Waals surface area contributed by atoms with Gasteiger partial charge >= 0.3 is 0 Å². The van der Waals surface area contributed by atoms with Crippen molar-refractivity contribution in [2.45, 2.75) is 19.3 Å². The number of nitrogens with two attached hydrogens (primary N) is 1. The van der Waals surface area contributed by atoms with Crippen LogP contribution >= 0.6 is 0 Å². The molecule has 2 atom stereocenters. The van der Waals surface area contributed by atoms with Gasteiger partial charge in [0.05, 0.1) is 0 Å². The highest BCUT2D eigenvalue weighted by Gasteiger charge is 2.43. The normalized spacial score (nSPS) is 24.4. The molecular weight excluding hydrogens is 176 g/mol. The highest BCUT2D eigenvalue weighted by atomic mass is 16.2. The van der Waals surface area contributed by atoms with Gasteiger partial charge in [-0.2, -0.15) is 0 Å². The van der Waals surface area contributed by atoms with Crippen molar-refractivity contribution in [2.24, 2.45) is 11.8 Å². The molecule has 14 heavy (non-hydrogen) atoms. The third-order valence-electron chi connectivity index (χ3n) is 2.77. The highest BCUT2D eigenvalue weighted by Crippen LogP contribution is 2.47. The molecule has 1 aromatic carbocycles. The summed E-state index contributed by atoms with van der Waals surface area (Å²) in [5.74, 6) is 5.49. The Balaban J connectivity index is 2.06. The summed E-state index contributed by atoms with van der Waals surface area (Å²) in [6, 6.07) is 8.32. The van der Waals surface area contributed by atoms with Crippen LogP contribution in [0.4, 0.5) is 0 Å². The lowest BCUT2D eigenvalue weighted by atomic mass is 10.1. The summed E-state index contributed by atoms with van der Waals surface area (Å²) in [5.41, 5.74) is 4.68. The standard InChI is InChI=1S/C11H14N2O/c1-7-2-4-8(5-3-7)9-6-10(9)11(14)13-12/h2-5,9-10H,6,12H2,1H3,(H,13,14)/t9-,10+/m1/s1. The Kier molecular flexibility index (Phi) is 2.25. The molecule has 0 aromatic heterocycles. The van der Waals surface area contributed by atoms with E-state index in [1.807, 2.05) is 0 Å². The summed E-state index contributed by atoms with van der Waals surface area (Å²) in [4.78, 5) is 11.2. The van der Waals surface area contributed by atoms with Gasteiger partial charge in [-0.25, -0.2) is 5.84 Å². The summed E-state index contributed by atoms with van der Waals surface area (Å²) in [6.45, 7) is 2.06. The molecule has 2 rings (SSSR count). The van der Waals surface area contributed by atoms with Gasteiger partial charge in [0.25, 0.3) is 0 Å². The van der Waals surface area contributed by atoms with Gasteiger partial charge in [-0.05, 0) is 24.8 Å². The van der Waals surface area contributed by atoms with Crippen LogP contribution in [0.1, 0.15) is 23.5 Å². The highest BCUT2D eigenvalue weighted by molar-refractivity contribution is 5.82. The molecule has 0 saturated heterocycles. The Hall–Kier alpha value is -1.35. The zero-order valence-electron chi connectivity index (χ0n) is 8.16. The molecule has 1 saturated carbocycles. The van der Waals surface area contributed by atoms with Crippen LogP contribution in [-0.4, -0.2) is 5.91 Å². The molecule has 0 heterocycles. The van der Waals surface area contributed by atoms with Crippen LogP contribution in [0.5, 0.6) is 0 Å². The Morgan fingerprint density at radius 3 is 2.64 bits per heavy atom. The second kappa shape index (κ2) is 3.42. The topological polar surface area (TPSA) is 55.1 Å². The fourth-order valence-electron chi connectivity index (χ4n) is 1.77. The molecule has 3 heteroatoms. The Labute approximate surface area is 83.3 Å². The Bertz CT molecular complexity index is 345. The molecule has 0 unspecified atom stereocenters. The third-order valence-corrected chi connectivity index (χ3v) is 2.77. The largest absolute Gasteiger partial charge is 0.294 e. The second-order valence-electron chi connectivity index (χ2n) is 3.87. The molecule has 1 aliphatic carbocycles. The summed E-state index contributed by atoms with van der Waals surface area (Å²) >= 11 is 0. The number of rotatable bonds is 2. The van der Waals surface area contributed by atoms with Gasteiger partial charge in [-0.3, -0.25) is 10.2 Å². The molecule has 0 aliphatic heterocycles. The number of hydrazine groups is 1. The minimum Gasteiger partial charge on any atom is -0.294 e. The van der Waals surface area contributed by atoms with Crippen molar-refractivity contribution in [3.8, 4) is 0 Å². The number of aryl methyl sites for hydroxylation is 1. The van der Waals surface area contributed by atoms with Crippen molar-refractivity contribution in [1.29, 1.82) is 0 Å². The Morgan fingerprint density at radius 2 is 2.07 bits per heavy atom. The number of amides is 1. The van der Waals surface area contributed by atoms with Crippen molar-refractivity contribution in [2.75, 3.05) is 0 Å². The average Bonchev–Trinajstić information content (AvgIpc) is 2.98. The number of carbonyl (C=O) groups excluding carboxylic acids is 1. The second-order valence-corrected chi connectivity index (χ2v) is 3.87. The van der Waals surface area contributed by atoms with E-state index in [4.69, 9.17) is 5.84 Å². The van der Waals surface area contributed by atoms with Crippen LogP contribution in [0, 0.1) is 12.8 Å². The van der Waals surface area contributed by atoms with E-state index in [1.165, 1.54) is 11.1 Å². The van der Waals surface area contributed by atoms with E-state index in [9.17, 15) is 4.79 Å². The van der Waals surface area contributed by atoms with E-state index < -0.39 is 0 Å². The number of carbonyl (C=O) groups is 1. The van der Waals surface area contributed by atoms with Gasteiger partial charge in [0, 0.05) is 5.92 Å². The predicted molar refractivity (Wildman–Crippen MR) is 54.4 cm³/mol. The van der Waals surface area contributed by atoms with Gasteiger partial charge in [0.15, 0.2) is 0 Å². The lowest BCUT2D eigenvalue weighted by Gasteiger charge is -2.00. The molecule has 3 N–H and O–H groups in total. The summed E-state index contributed by atoms with van der Waals surface area (Å²) in [7, 11) is 0. The van der Waals surface area contributed by atoms with Crippen LogP contribution in [0.15, 0.2) is 24.3 Å². The van der Waals surface area contributed by atoms with Crippen LogP contribution < -0.4 is 11.3 Å². The maximum atomic E-state index is 11.2. The lowest BCUT2D eigenvalue weighted by molar-refractivity contribution is -0.122. The first-order chi connectivity index (χ1) is 6.72. The zero-order chi connectivity index (χ0) is 10.1. The lowest BCUT2D eigenvalue weighted by Crippen LogP contribution is -2.31. The fraction of sp³-hybridized carbons (Fsp3) is 0.364. The van der Waals surface area contributed by atoms with Gasteiger partial charge in [-0.15, -0.1) is 0 Å². The molecular formula is C11H14N2O. The maximum absolute atomic E-state index is 11.2. The van der Waals surface area contributed by atoms with E-state index in [0.717, 1.165) is 6.42 Å². The van der Waals surface area contributed by atoms with E-state index in [0.29, 0.717) is 5.92 Å². The number of hydrogen-bond donors (Lipinski definition) is 2. The number of benzene rings is 1. The van der Waals surface area contributed by atoms with Crippen LogP contribution in [0.2, 0.25) is 0 Å². The monoisotopic (exact) mass is 190 g/mol. The SMILES string of the molecule is Cc1ccc([C@H]2C[C@@H]2C(=O)NN)cc1. The minimum atomic E-state index is -0.0458. The van der Waals surface area contributed by atoms with Gasteiger partial charge in [-0.1, -0.05) is 29.8 Å². The first kappa shape index (κ1) is 9.21. The first-order valence-electron chi connectivity index (χ1n) is 4.79. The zero-order valence-corrected chi connectivity index (χ0v) is 8.16. The predicted octanol–water partition coefficient (Wildman–Crippen LogP) is 1.09. The van der Waals surface area contributed by atoms with Crippen LogP contribution in [0.25, 0.3) is 0 Å². The number of hydrogen-bond acceptors (Lipinski definition) is 2. The van der Waals surface area contributed by atoms with Gasteiger partial charge in [0.2, 0.25) is 5.91 Å². The smallest absolute Gasteiger partial charge is 0.237 e. The summed E-state index contributed by atoms with van der Waals surface area (Å²) in [6.07, 6.45) is 0.923. The van der Waals surface area contributed by atoms with Crippen molar-refractivity contribution < 1.29 is 4.79 Å². The average molecular weight is 190 g/mol. The van der Waals surface area contributed by atoms with Crippen molar-refractivity contribution >= 4 is 5.91 Å². The Morgan fingerprint density at radius 1 is 1.43 bits per heavy atom. The molecule has 74 valence electrons. The van der Waals surface area contributed by atoms with Crippen LogP contribution in [-0.2, 0) is 4.79 Å². The number of nitrogens with one attached hydrogen (secondary N) is 1. The van der Waals surface area contributed by atoms with Gasteiger partial charge in [0.1, 0.15) is 0 Å². The molecule has 0 radical (unpaired) electrons. The molecule has 1 aliphatic rings. The summed E-state index contributed by atoms with van der Waals surface area (Å²) < 4.78 is 0. The molecule has 0 spiro atoms. The van der Waals surface area contributed by atoms with E-state index in [1.54, 1.807) is 0 Å². The van der Waals surface area contributed by atoms with E-state index in [-0.39, 0.29) is 11.8 Å². The molecule has 1 fully saturated rings. The molecule has 3 nitrogen and oxygen atoms in total. The van der Waals surface area contributed by atoms with Gasteiger partial charge < -0.3 is 0 Å². The van der Waals surface area contributed by atoms with Crippen LogP contribution in [0.3, 0.4) is 0 Å². The summed E-state index contributed by atoms with van der Waals surface area (Å²) in [5, 5.41) is 0. The molecule has 1 aromatic rings. The first-order valence-corrected chi connectivity index (χ1v) is 4.79. The quantitative estimate of drug-likeness (QED) is 0.416. The fourth-order valence-corrected chi connectivity index (χ4v) is 1.77.